The molecule has 0 saturated carbocycles. The fraction of sp³-hybridized carbons (Fsp3) is 0.0556. The van der Waals surface area contributed by atoms with E-state index in [9.17, 15) is 13.2 Å². The van der Waals surface area contributed by atoms with E-state index in [4.69, 9.17) is 0 Å². The lowest BCUT2D eigenvalue weighted by Gasteiger charge is -2.09. The zero-order chi connectivity index (χ0) is 15.7. The van der Waals surface area contributed by atoms with Crippen LogP contribution in [0.5, 0.6) is 0 Å². The van der Waals surface area contributed by atoms with Gasteiger partial charge in [-0.15, -0.1) is 0 Å². The average molecular weight is 310 g/mol. The number of hydrogen-bond acceptors (Lipinski definition) is 3. The highest BCUT2D eigenvalue weighted by Gasteiger charge is 2.22. The van der Waals surface area contributed by atoms with Crippen LogP contribution in [0.1, 0.15) is 17.3 Å². The lowest BCUT2D eigenvalue weighted by molar-refractivity contribution is 0.101. The van der Waals surface area contributed by atoms with Gasteiger partial charge in [0.15, 0.2) is 5.78 Å². The molecule has 3 rings (SSSR count). The summed E-state index contributed by atoms with van der Waals surface area (Å²) in [5, 5.41) is 1.82. The summed E-state index contributed by atoms with van der Waals surface area (Å²) >= 11 is 0. The standard InChI is InChI=1S/C18H14O3S/c1-13(19)17-8-4-5-9-18(17)22(20,21)16-11-10-14-6-2-3-7-15(14)12-16/h2-12H,1H3. The van der Waals surface area contributed by atoms with Gasteiger partial charge in [0.05, 0.1) is 9.79 Å². The van der Waals surface area contributed by atoms with Crippen LogP contribution in [0, 0.1) is 0 Å². The molecular formula is C18H14O3S. The van der Waals surface area contributed by atoms with Crippen LogP contribution in [0.15, 0.2) is 76.5 Å². The van der Waals surface area contributed by atoms with Gasteiger partial charge in [-0.05, 0) is 35.9 Å². The molecule has 110 valence electrons. The van der Waals surface area contributed by atoms with Crippen LogP contribution in [0.25, 0.3) is 10.8 Å². The predicted molar refractivity (Wildman–Crippen MR) is 85.8 cm³/mol. The van der Waals surface area contributed by atoms with E-state index in [1.807, 2.05) is 24.3 Å². The molecule has 0 bridgehead atoms. The topological polar surface area (TPSA) is 51.2 Å². The van der Waals surface area contributed by atoms with Gasteiger partial charge in [0.25, 0.3) is 0 Å². The summed E-state index contributed by atoms with van der Waals surface area (Å²) in [7, 11) is -3.73. The lowest BCUT2D eigenvalue weighted by atomic mass is 10.1. The second-order valence-electron chi connectivity index (χ2n) is 5.06. The minimum atomic E-state index is -3.73. The van der Waals surface area contributed by atoms with Crippen LogP contribution in [-0.2, 0) is 9.84 Å². The Balaban J connectivity index is 2.22. The molecule has 0 N–H and O–H groups in total. The lowest BCUT2D eigenvalue weighted by Crippen LogP contribution is -2.08. The molecular weight excluding hydrogens is 296 g/mol. The van der Waals surface area contributed by atoms with E-state index in [1.165, 1.54) is 19.1 Å². The summed E-state index contributed by atoms with van der Waals surface area (Å²) in [4.78, 5) is 11.9. The number of rotatable bonds is 3. The van der Waals surface area contributed by atoms with Crippen molar-refractivity contribution in [3.05, 3.63) is 72.3 Å². The number of carbonyl (C=O) groups excluding carboxylic acids is 1. The van der Waals surface area contributed by atoms with Gasteiger partial charge in [0.2, 0.25) is 9.84 Å². The van der Waals surface area contributed by atoms with E-state index in [0.29, 0.717) is 0 Å². The number of Topliss-reactive ketones (excluding diaryl/α,β-unsaturated/α-hetero) is 1. The van der Waals surface area contributed by atoms with Crippen molar-refractivity contribution in [1.82, 2.24) is 0 Å². The highest BCUT2D eigenvalue weighted by atomic mass is 32.2. The SMILES string of the molecule is CC(=O)c1ccccc1S(=O)(=O)c1ccc2ccccc2c1. The van der Waals surface area contributed by atoms with Crippen LogP contribution < -0.4 is 0 Å². The first-order chi connectivity index (χ1) is 10.5. The quantitative estimate of drug-likeness (QED) is 0.690. The van der Waals surface area contributed by atoms with Crippen molar-refractivity contribution in [1.29, 1.82) is 0 Å². The van der Waals surface area contributed by atoms with Crippen LogP contribution in [0.4, 0.5) is 0 Å². The van der Waals surface area contributed by atoms with Gasteiger partial charge >= 0.3 is 0 Å². The molecule has 0 amide bonds. The Morgan fingerprint density at radius 3 is 2.18 bits per heavy atom. The Labute approximate surface area is 129 Å². The Morgan fingerprint density at radius 2 is 1.45 bits per heavy atom. The predicted octanol–water partition coefficient (Wildman–Crippen LogP) is 3.88. The van der Waals surface area contributed by atoms with Crippen LogP contribution >= 0.6 is 0 Å². The Bertz CT molecular complexity index is 972. The van der Waals surface area contributed by atoms with Crippen molar-refractivity contribution < 1.29 is 13.2 Å². The normalized spacial score (nSPS) is 11.5. The van der Waals surface area contributed by atoms with Gasteiger partial charge in [0, 0.05) is 5.56 Å². The van der Waals surface area contributed by atoms with Crippen molar-refractivity contribution in [2.75, 3.05) is 0 Å². The van der Waals surface area contributed by atoms with Crippen LogP contribution in [-0.4, -0.2) is 14.2 Å². The molecule has 0 aliphatic heterocycles. The van der Waals surface area contributed by atoms with Crippen molar-refractivity contribution in [3.63, 3.8) is 0 Å². The van der Waals surface area contributed by atoms with Gasteiger partial charge in [-0.2, -0.15) is 0 Å². The molecule has 0 saturated heterocycles. The molecule has 0 aliphatic carbocycles. The molecule has 0 heterocycles. The van der Waals surface area contributed by atoms with Gasteiger partial charge in [-0.3, -0.25) is 4.79 Å². The van der Waals surface area contributed by atoms with E-state index in [0.717, 1.165) is 10.8 Å². The van der Waals surface area contributed by atoms with Crippen LogP contribution in [0.3, 0.4) is 0 Å². The minimum absolute atomic E-state index is 0.0535. The number of sulfone groups is 1. The fourth-order valence-corrected chi connectivity index (χ4v) is 4.00. The van der Waals surface area contributed by atoms with Crippen molar-refractivity contribution >= 4 is 26.4 Å². The van der Waals surface area contributed by atoms with Gasteiger partial charge in [0.1, 0.15) is 0 Å². The maximum Gasteiger partial charge on any atom is 0.207 e. The first kappa shape index (κ1) is 14.5. The van der Waals surface area contributed by atoms with Gasteiger partial charge < -0.3 is 0 Å². The van der Waals surface area contributed by atoms with E-state index >= 15 is 0 Å². The molecule has 0 radical (unpaired) electrons. The van der Waals surface area contributed by atoms with Crippen LogP contribution in [0.2, 0.25) is 0 Å². The maximum atomic E-state index is 12.9. The molecule has 3 aromatic carbocycles. The zero-order valence-electron chi connectivity index (χ0n) is 12.0. The molecule has 22 heavy (non-hydrogen) atoms. The summed E-state index contributed by atoms with van der Waals surface area (Å²) in [6, 6.07) is 18.9. The molecule has 0 aromatic heterocycles. The average Bonchev–Trinajstić information content (AvgIpc) is 2.54. The number of hydrogen-bond donors (Lipinski definition) is 0. The number of ketones is 1. The Morgan fingerprint density at radius 1 is 0.818 bits per heavy atom. The van der Waals surface area contributed by atoms with Crippen molar-refractivity contribution in [2.24, 2.45) is 0 Å². The smallest absolute Gasteiger partial charge is 0.207 e. The van der Waals surface area contributed by atoms with Gasteiger partial charge in [-0.25, -0.2) is 8.42 Å². The van der Waals surface area contributed by atoms with Crippen molar-refractivity contribution in [2.45, 2.75) is 16.7 Å². The molecule has 3 aromatic rings. The molecule has 0 atom stereocenters. The third kappa shape index (κ3) is 2.42. The van der Waals surface area contributed by atoms with Crippen molar-refractivity contribution in [3.8, 4) is 0 Å². The second-order valence-corrected chi connectivity index (χ2v) is 6.98. The third-order valence-corrected chi connectivity index (χ3v) is 5.40. The summed E-state index contributed by atoms with van der Waals surface area (Å²) in [6.45, 7) is 1.37. The number of benzene rings is 3. The first-order valence-electron chi connectivity index (χ1n) is 6.84. The third-order valence-electron chi connectivity index (χ3n) is 3.59. The fourth-order valence-electron chi connectivity index (χ4n) is 2.45. The molecule has 0 spiro atoms. The molecule has 0 aliphatic rings. The summed E-state index contributed by atoms with van der Waals surface area (Å²) in [5.74, 6) is -0.264. The number of fused-ring (bicyclic) bond motifs is 1. The van der Waals surface area contributed by atoms with E-state index in [2.05, 4.69) is 0 Å². The number of carbonyl (C=O) groups is 1. The molecule has 3 nitrogen and oxygen atoms in total. The summed E-state index contributed by atoms with van der Waals surface area (Å²) < 4.78 is 25.7. The molecule has 0 fully saturated rings. The Hall–Kier alpha value is -2.46. The minimum Gasteiger partial charge on any atom is -0.294 e. The highest BCUT2D eigenvalue weighted by Crippen LogP contribution is 2.27. The highest BCUT2D eigenvalue weighted by molar-refractivity contribution is 7.91. The maximum absolute atomic E-state index is 12.9. The molecule has 4 heteroatoms. The van der Waals surface area contributed by atoms with E-state index in [-0.39, 0.29) is 21.1 Å². The monoisotopic (exact) mass is 310 g/mol. The molecule has 0 unspecified atom stereocenters. The zero-order valence-corrected chi connectivity index (χ0v) is 12.8. The summed E-state index contributed by atoms with van der Waals surface area (Å²) in [6.07, 6.45) is 0. The first-order valence-corrected chi connectivity index (χ1v) is 8.32. The summed E-state index contributed by atoms with van der Waals surface area (Å²) in [5.41, 5.74) is 0.218. The Kier molecular flexibility index (Phi) is 3.54. The largest absolute Gasteiger partial charge is 0.294 e. The second kappa shape index (κ2) is 5.39. The van der Waals surface area contributed by atoms with Gasteiger partial charge in [-0.1, -0.05) is 48.5 Å². The van der Waals surface area contributed by atoms with E-state index < -0.39 is 9.84 Å². The van der Waals surface area contributed by atoms with E-state index in [1.54, 1.807) is 30.3 Å².